The molecule has 0 spiro atoms. The van der Waals surface area contributed by atoms with E-state index >= 15 is 0 Å². The monoisotopic (exact) mass is 256 g/mol. The molecule has 0 N–H and O–H groups in total. The van der Waals surface area contributed by atoms with Crippen molar-refractivity contribution in [3.8, 4) is 0 Å². The minimum absolute atomic E-state index is 0.319. The average molecular weight is 256 g/mol. The molecule has 0 saturated heterocycles. The molecular formula is C12H15FNO2S-. The first kappa shape index (κ1) is 12.5. The Hall–Kier alpha value is -0.940. The van der Waals surface area contributed by atoms with Crippen molar-refractivity contribution >= 4 is 17.0 Å². The fraction of sp³-hybridized carbons (Fsp3) is 0.500. The van der Waals surface area contributed by atoms with E-state index in [1.165, 1.54) is 32.0 Å². The van der Waals surface area contributed by atoms with Crippen LogP contribution in [0.2, 0.25) is 0 Å². The van der Waals surface area contributed by atoms with Crippen molar-refractivity contribution in [2.75, 3.05) is 11.4 Å². The van der Waals surface area contributed by atoms with E-state index in [9.17, 15) is 13.2 Å². The van der Waals surface area contributed by atoms with Crippen LogP contribution in [0.1, 0.15) is 24.8 Å². The highest BCUT2D eigenvalue weighted by Gasteiger charge is 2.22. The third-order valence-corrected chi connectivity index (χ3v) is 3.80. The predicted octanol–water partition coefficient (Wildman–Crippen LogP) is 2.40. The smallest absolute Gasteiger partial charge is 0.128 e. The highest BCUT2D eigenvalue weighted by Crippen LogP contribution is 2.35. The number of rotatable bonds is 5. The van der Waals surface area contributed by atoms with Crippen molar-refractivity contribution in [1.82, 2.24) is 0 Å². The van der Waals surface area contributed by atoms with Gasteiger partial charge >= 0.3 is 0 Å². The van der Waals surface area contributed by atoms with Crippen molar-refractivity contribution in [3.63, 3.8) is 0 Å². The molecule has 1 unspecified atom stereocenters. The molecule has 17 heavy (non-hydrogen) atoms. The van der Waals surface area contributed by atoms with E-state index in [4.69, 9.17) is 0 Å². The van der Waals surface area contributed by atoms with Gasteiger partial charge in [-0.3, -0.25) is 4.21 Å². The second-order valence-corrected chi connectivity index (χ2v) is 5.42. The maximum absolute atomic E-state index is 13.7. The molecular weight excluding hydrogens is 241 g/mol. The van der Waals surface area contributed by atoms with Crippen LogP contribution in [0.25, 0.3) is 0 Å². The maximum atomic E-state index is 13.7. The SMILES string of the molecule is CN(c1cccc(F)c1CCC1CC1)S(=O)[O-]. The van der Waals surface area contributed by atoms with Crippen molar-refractivity contribution in [2.24, 2.45) is 5.92 Å². The van der Waals surface area contributed by atoms with Crippen LogP contribution in [-0.4, -0.2) is 15.8 Å². The molecule has 0 heterocycles. The van der Waals surface area contributed by atoms with Crippen LogP contribution in [0.15, 0.2) is 18.2 Å². The summed E-state index contributed by atoms with van der Waals surface area (Å²) in [6, 6.07) is 4.56. The van der Waals surface area contributed by atoms with Crippen LogP contribution in [-0.2, 0) is 17.7 Å². The Kier molecular flexibility index (Phi) is 3.79. The van der Waals surface area contributed by atoms with E-state index < -0.39 is 11.3 Å². The molecule has 94 valence electrons. The Morgan fingerprint density at radius 2 is 2.24 bits per heavy atom. The first-order valence-electron chi connectivity index (χ1n) is 5.70. The van der Waals surface area contributed by atoms with Crippen LogP contribution in [0.4, 0.5) is 10.1 Å². The van der Waals surface area contributed by atoms with Gasteiger partial charge in [0.05, 0.1) is 5.69 Å². The van der Waals surface area contributed by atoms with Gasteiger partial charge in [0, 0.05) is 23.9 Å². The molecule has 0 radical (unpaired) electrons. The molecule has 1 fully saturated rings. The first-order chi connectivity index (χ1) is 8.09. The first-order valence-corrected chi connectivity index (χ1v) is 6.73. The zero-order valence-corrected chi connectivity index (χ0v) is 10.5. The van der Waals surface area contributed by atoms with Gasteiger partial charge in [-0.25, -0.2) is 4.39 Å². The molecule has 5 heteroatoms. The van der Waals surface area contributed by atoms with E-state index in [0.29, 0.717) is 23.6 Å². The third kappa shape index (κ3) is 3.04. The number of halogens is 1. The second kappa shape index (κ2) is 5.14. The van der Waals surface area contributed by atoms with Gasteiger partial charge in [0.1, 0.15) is 5.82 Å². The summed E-state index contributed by atoms with van der Waals surface area (Å²) in [4.78, 5) is 0. The van der Waals surface area contributed by atoms with E-state index in [2.05, 4.69) is 0 Å². The molecule has 2 rings (SSSR count). The van der Waals surface area contributed by atoms with E-state index in [1.807, 2.05) is 0 Å². The third-order valence-electron chi connectivity index (χ3n) is 3.16. The molecule has 0 aliphatic heterocycles. The van der Waals surface area contributed by atoms with Crippen LogP contribution in [0.3, 0.4) is 0 Å². The lowest BCUT2D eigenvalue weighted by Crippen LogP contribution is -2.21. The lowest BCUT2D eigenvalue weighted by molar-refractivity contribution is 0.534. The molecule has 1 aliphatic carbocycles. The summed E-state index contributed by atoms with van der Waals surface area (Å²) in [5, 5.41) is 0. The number of anilines is 1. The summed E-state index contributed by atoms with van der Waals surface area (Å²) >= 11 is -2.36. The Labute approximate surface area is 103 Å². The minimum Gasteiger partial charge on any atom is -0.755 e. The quantitative estimate of drug-likeness (QED) is 0.759. The normalized spacial score (nSPS) is 16.9. The summed E-state index contributed by atoms with van der Waals surface area (Å²) in [6.45, 7) is 0. The van der Waals surface area contributed by atoms with Gasteiger partial charge in [-0.1, -0.05) is 18.9 Å². The topological polar surface area (TPSA) is 43.4 Å². The van der Waals surface area contributed by atoms with Gasteiger partial charge in [-0.2, -0.15) is 0 Å². The summed E-state index contributed by atoms with van der Waals surface area (Å²) in [5.74, 6) is 0.381. The van der Waals surface area contributed by atoms with Gasteiger partial charge in [-0.05, 0) is 30.9 Å². The van der Waals surface area contributed by atoms with Crippen LogP contribution in [0, 0.1) is 11.7 Å². The zero-order chi connectivity index (χ0) is 12.4. The van der Waals surface area contributed by atoms with Crippen molar-refractivity contribution in [3.05, 3.63) is 29.6 Å². The number of hydrogen-bond acceptors (Lipinski definition) is 2. The minimum atomic E-state index is -2.36. The Morgan fingerprint density at radius 3 is 2.82 bits per heavy atom. The molecule has 0 amide bonds. The van der Waals surface area contributed by atoms with Crippen LogP contribution < -0.4 is 4.31 Å². The molecule has 3 nitrogen and oxygen atoms in total. The molecule has 1 aromatic carbocycles. The second-order valence-electron chi connectivity index (χ2n) is 4.43. The van der Waals surface area contributed by atoms with Crippen LogP contribution in [0.5, 0.6) is 0 Å². The predicted molar refractivity (Wildman–Crippen MR) is 64.8 cm³/mol. The van der Waals surface area contributed by atoms with E-state index in [1.54, 1.807) is 6.07 Å². The standard InChI is InChI=1S/C12H16FNO2S/c1-14(17(15)16)12-4-2-3-11(13)10(12)8-7-9-5-6-9/h2-4,9H,5-8H2,1H3,(H,15,16)/p-1. The van der Waals surface area contributed by atoms with Crippen molar-refractivity contribution < 1.29 is 13.2 Å². The highest BCUT2D eigenvalue weighted by atomic mass is 32.2. The maximum Gasteiger partial charge on any atom is 0.128 e. The summed E-state index contributed by atoms with van der Waals surface area (Å²) in [5.41, 5.74) is 0.949. The summed E-state index contributed by atoms with van der Waals surface area (Å²) in [6.07, 6.45) is 3.97. The van der Waals surface area contributed by atoms with Crippen LogP contribution >= 0.6 is 0 Å². The Balaban J connectivity index is 2.22. The highest BCUT2D eigenvalue weighted by molar-refractivity contribution is 7.80. The van der Waals surface area contributed by atoms with Crippen molar-refractivity contribution in [2.45, 2.75) is 25.7 Å². The van der Waals surface area contributed by atoms with Gasteiger partial charge in [0.25, 0.3) is 0 Å². The Bertz CT molecular complexity index is 435. The fourth-order valence-electron chi connectivity index (χ4n) is 1.93. The fourth-order valence-corrected chi connectivity index (χ4v) is 2.26. The number of nitrogens with zero attached hydrogens (tertiary/aromatic N) is 1. The molecule has 1 aliphatic rings. The van der Waals surface area contributed by atoms with Gasteiger partial charge < -0.3 is 8.86 Å². The molecule has 1 saturated carbocycles. The van der Waals surface area contributed by atoms with E-state index in [-0.39, 0.29) is 5.82 Å². The lowest BCUT2D eigenvalue weighted by Gasteiger charge is -2.24. The lowest BCUT2D eigenvalue weighted by atomic mass is 10.0. The largest absolute Gasteiger partial charge is 0.755 e. The molecule has 1 aromatic rings. The Morgan fingerprint density at radius 1 is 1.53 bits per heavy atom. The molecule has 1 atom stereocenters. The molecule has 0 aromatic heterocycles. The number of hydrogen-bond donors (Lipinski definition) is 0. The average Bonchev–Trinajstić information content (AvgIpc) is 3.10. The van der Waals surface area contributed by atoms with Gasteiger partial charge in [0.2, 0.25) is 0 Å². The van der Waals surface area contributed by atoms with E-state index in [0.717, 1.165) is 10.7 Å². The summed E-state index contributed by atoms with van der Waals surface area (Å²) in [7, 11) is 1.43. The van der Waals surface area contributed by atoms with Crippen molar-refractivity contribution in [1.29, 1.82) is 0 Å². The zero-order valence-electron chi connectivity index (χ0n) is 9.69. The molecule has 0 bridgehead atoms. The summed E-state index contributed by atoms with van der Waals surface area (Å²) < 4.78 is 36.6. The number of benzene rings is 1. The van der Waals surface area contributed by atoms with Gasteiger partial charge in [0.15, 0.2) is 0 Å². The van der Waals surface area contributed by atoms with Gasteiger partial charge in [-0.15, -0.1) is 0 Å².